The molecule has 0 amide bonds. The third-order valence-electron chi connectivity index (χ3n) is 4.36. The van der Waals surface area contributed by atoms with Gasteiger partial charge in [-0.2, -0.15) is 0 Å². The molecule has 1 aromatic heterocycles. The molecule has 0 bridgehead atoms. The number of likely N-dealkylation sites (N-methyl/N-ethyl adjacent to an activating group) is 1. The third kappa shape index (κ3) is 3.72. The molecule has 2 heterocycles. The molecule has 2 aromatic rings. The second kappa shape index (κ2) is 7.32. The van der Waals surface area contributed by atoms with Crippen molar-refractivity contribution in [2.75, 3.05) is 19.6 Å². The van der Waals surface area contributed by atoms with E-state index in [9.17, 15) is 0 Å². The SMILES string of the molecule is CCN1CCCC1CNCc1ccc(-c2cccc(Cl)c2)o1. The van der Waals surface area contributed by atoms with Crippen LogP contribution in [-0.4, -0.2) is 30.6 Å². The number of furan rings is 1. The van der Waals surface area contributed by atoms with E-state index in [0.717, 1.165) is 41.7 Å². The lowest BCUT2D eigenvalue weighted by molar-refractivity contribution is 0.258. The van der Waals surface area contributed by atoms with Gasteiger partial charge in [0, 0.05) is 23.2 Å². The van der Waals surface area contributed by atoms with Gasteiger partial charge in [-0.3, -0.25) is 4.90 Å². The van der Waals surface area contributed by atoms with E-state index in [1.54, 1.807) is 0 Å². The zero-order valence-electron chi connectivity index (χ0n) is 13.0. The van der Waals surface area contributed by atoms with E-state index in [4.69, 9.17) is 16.0 Å². The smallest absolute Gasteiger partial charge is 0.134 e. The number of hydrogen-bond donors (Lipinski definition) is 1. The number of benzene rings is 1. The molecule has 0 radical (unpaired) electrons. The minimum Gasteiger partial charge on any atom is -0.460 e. The first-order valence-corrected chi connectivity index (χ1v) is 8.43. The van der Waals surface area contributed by atoms with E-state index >= 15 is 0 Å². The predicted molar refractivity (Wildman–Crippen MR) is 91.1 cm³/mol. The number of halogens is 1. The Morgan fingerprint density at radius 3 is 3.05 bits per heavy atom. The van der Waals surface area contributed by atoms with E-state index in [1.165, 1.54) is 19.4 Å². The molecule has 1 unspecified atom stereocenters. The molecule has 0 aliphatic carbocycles. The summed E-state index contributed by atoms with van der Waals surface area (Å²) >= 11 is 6.03. The molecule has 1 aliphatic heterocycles. The van der Waals surface area contributed by atoms with Crippen LogP contribution in [0.25, 0.3) is 11.3 Å². The van der Waals surface area contributed by atoms with Crippen LogP contribution in [-0.2, 0) is 6.54 Å². The van der Waals surface area contributed by atoms with Gasteiger partial charge in [0.2, 0.25) is 0 Å². The second-order valence-electron chi connectivity index (χ2n) is 5.83. The van der Waals surface area contributed by atoms with Crippen molar-refractivity contribution in [1.29, 1.82) is 0 Å². The number of nitrogens with one attached hydrogen (secondary N) is 1. The Morgan fingerprint density at radius 2 is 2.23 bits per heavy atom. The van der Waals surface area contributed by atoms with Crippen molar-refractivity contribution in [1.82, 2.24) is 10.2 Å². The fourth-order valence-corrected chi connectivity index (χ4v) is 3.36. The van der Waals surface area contributed by atoms with Crippen molar-refractivity contribution < 1.29 is 4.42 Å². The number of hydrogen-bond acceptors (Lipinski definition) is 3. The summed E-state index contributed by atoms with van der Waals surface area (Å²) in [5, 5.41) is 4.25. The van der Waals surface area contributed by atoms with Crippen molar-refractivity contribution in [3.63, 3.8) is 0 Å². The molecule has 0 saturated carbocycles. The third-order valence-corrected chi connectivity index (χ3v) is 4.59. The summed E-state index contributed by atoms with van der Waals surface area (Å²) in [4.78, 5) is 2.55. The minimum atomic E-state index is 0.673. The summed E-state index contributed by atoms with van der Waals surface area (Å²) in [5.74, 6) is 1.84. The van der Waals surface area contributed by atoms with Crippen LogP contribution in [0.1, 0.15) is 25.5 Å². The molecule has 1 aromatic carbocycles. The van der Waals surface area contributed by atoms with Gasteiger partial charge in [0.05, 0.1) is 6.54 Å². The number of rotatable bonds is 6. The molecule has 1 atom stereocenters. The molecule has 0 spiro atoms. The highest BCUT2D eigenvalue weighted by molar-refractivity contribution is 6.30. The molecule has 1 saturated heterocycles. The normalized spacial score (nSPS) is 18.9. The molecule has 1 N–H and O–H groups in total. The predicted octanol–water partition coefficient (Wildman–Crippen LogP) is 4.17. The zero-order valence-corrected chi connectivity index (χ0v) is 13.8. The number of likely N-dealkylation sites (tertiary alicyclic amines) is 1. The monoisotopic (exact) mass is 318 g/mol. The molecule has 1 aliphatic rings. The van der Waals surface area contributed by atoms with Crippen molar-refractivity contribution in [3.05, 3.63) is 47.2 Å². The van der Waals surface area contributed by atoms with E-state index in [-0.39, 0.29) is 0 Å². The molecular weight excluding hydrogens is 296 g/mol. The maximum atomic E-state index is 6.03. The summed E-state index contributed by atoms with van der Waals surface area (Å²) in [6.45, 7) is 6.42. The fraction of sp³-hybridized carbons (Fsp3) is 0.444. The summed E-state index contributed by atoms with van der Waals surface area (Å²) in [7, 11) is 0. The number of nitrogens with zero attached hydrogens (tertiary/aromatic N) is 1. The van der Waals surface area contributed by atoms with Crippen molar-refractivity contribution in [2.24, 2.45) is 0 Å². The summed E-state index contributed by atoms with van der Waals surface area (Å²) in [6, 6.07) is 12.5. The highest BCUT2D eigenvalue weighted by Gasteiger charge is 2.22. The maximum absolute atomic E-state index is 6.03. The van der Waals surface area contributed by atoms with Gasteiger partial charge in [-0.1, -0.05) is 30.7 Å². The minimum absolute atomic E-state index is 0.673. The molecular formula is C18H23ClN2O. The average Bonchev–Trinajstić information content (AvgIpc) is 3.16. The van der Waals surface area contributed by atoms with Gasteiger partial charge >= 0.3 is 0 Å². The first-order chi connectivity index (χ1) is 10.8. The van der Waals surface area contributed by atoms with Crippen LogP contribution in [0.4, 0.5) is 0 Å². The van der Waals surface area contributed by atoms with Gasteiger partial charge in [-0.25, -0.2) is 0 Å². The van der Waals surface area contributed by atoms with Gasteiger partial charge in [-0.05, 0) is 50.2 Å². The van der Waals surface area contributed by atoms with E-state index in [2.05, 4.69) is 17.1 Å². The zero-order chi connectivity index (χ0) is 15.4. The molecule has 3 nitrogen and oxygen atoms in total. The molecule has 4 heteroatoms. The Hall–Kier alpha value is -1.29. The van der Waals surface area contributed by atoms with Crippen LogP contribution in [0.5, 0.6) is 0 Å². The van der Waals surface area contributed by atoms with Gasteiger partial charge in [-0.15, -0.1) is 0 Å². The van der Waals surface area contributed by atoms with Gasteiger partial charge in [0.1, 0.15) is 11.5 Å². The Morgan fingerprint density at radius 1 is 1.32 bits per heavy atom. The van der Waals surface area contributed by atoms with E-state index in [1.807, 2.05) is 36.4 Å². The fourth-order valence-electron chi connectivity index (χ4n) is 3.17. The van der Waals surface area contributed by atoms with E-state index in [0.29, 0.717) is 6.04 Å². The maximum Gasteiger partial charge on any atom is 0.134 e. The Kier molecular flexibility index (Phi) is 5.19. The highest BCUT2D eigenvalue weighted by atomic mass is 35.5. The van der Waals surface area contributed by atoms with Crippen molar-refractivity contribution >= 4 is 11.6 Å². The first-order valence-electron chi connectivity index (χ1n) is 8.05. The molecule has 118 valence electrons. The Balaban J connectivity index is 1.54. The lowest BCUT2D eigenvalue weighted by Gasteiger charge is -2.22. The first kappa shape index (κ1) is 15.6. The molecule has 3 rings (SSSR count). The lowest BCUT2D eigenvalue weighted by atomic mass is 10.2. The molecule has 22 heavy (non-hydrogen) atoms. The van der Waals surface area contributed by atoms with Crippen LogP contribution in [0.15, 0.2) is 40.8 Å². The lowest BCUT2D eigenvalue weighted by Crippen LogP contribution is -2.37. The Labute approximate surface area is 137 Å². The van der Waals surface area contributed by atoms with Crippen molar-refractivity contribution in [3.8, 4) is 11.3 Å². The standard InChI is InChI=1S/C18H23ClN2O/c1-2-21-10-4-7-16(21)12-20-13-17-8-9-18(22-17)14-5-3-6-15(19)11-14/h3,5-6,8-9,11,16,20H,2,4,7,10,12-13H2,1H3. The Bertz CT molecular complexity index is 611. The van der Waals surface area contributed by atoms with Gasteiger partial charge < -0.3 is 9.73 Å². The van der Waals surface area contributed by atoms with Crippen LogP contribution in [0.2, 0.25) is 5.02 Å². The van der Waals surface area contributed by atoms with Crippen molar-refractivity contribution in [2.45, 2.75) is 32.4 Å². The second-order valence-corrected chi connectivity index (χ2v) is 6.27. The summed E-state index contributed by atoms with van der Waals surface area (Å²) < 4.78 is 5.91. The van der Waals surface area contributed by atoms with Crippen LogP contribution < -0.4 is 5.32 Å². The van der Waals surface area contributed by atoms with Crippen LogP contribution in [0, 0.1) is 0 Å². The van der Waals surface area contributed by atoms with Crippen LogP contribution in [0.3, 0.4) is 0 Å². The largest absolute Gasteiger partial charge is 0.460 e. The molecule has 1 fully saturated rings. The average molecular weight is 319 g/mol. The van der Waals surface area contributed by atoms with Crippen LogP contribution >= 0.6 is 11.6 Å². The highest BCUT2D eigenvalue weighted by Crippen LogP contribution is 2.24. The van der Waals surface area contributed by atoms with E-state index < -0.39 is 0 Å². The van der Waals surface area contributed by atoms with Gasteiger partial charge in [0.25, 0.3) is 0 Å². The topological polar surface area (TPSA) is 28.4 Å². The van der Waals surface area contributed by atoms with Gasteiger partial charge in [0.15, 0.2) is 0 Å². The summed E-state index contributed by atoms with van der Waals surface area (Å²) in [5.41, 5.74) is 1.02. The quantitative estimate of drug-likeness (QED) is 0.866. The summed E-state index contributed by atoms with van der Waals surface area (Å²) in [6.07, 6.45) is 2.62.